The number of carbonyl (C=O) groups is 1. The Bertz CT molecular complexity index is 212. The van der Waals surface area contributed by atoms with E-state index in [2.05, 4.69) is 13.2 Å². The highest BCUT2D eigenvalue weighted by atomic mass is 19.2. The average Bonchev–Trinajstić information content (AvgIpc) is 2.04. The van der Waals surface area contributed by atoms with Gasteiger partial charge in [0, 0.05) is 12.8 Å². The molecule has 14 heavy (non-hydrogen) atoms. The summed E-state index contributed by atoms with van der Waals surface area (Å²) in [5.74, 6) is -1.51. The molecule has 0 rings (SSSR count). The molecule has 0 atom stereocenters. The third-order valence-corrected chi connectivity index (χ3v) is 0.941. The Kier molecular flexibility index (Phi) is 10.0. The smallest absolute Gasteiger partial charge is 0.450 e. The van der Waals surface area contributed by atoms with E-state index in [9.17, 15) is 8.78 Å². The third kappa shape index (κ3) is 13.0. The lowest BCUT2D eigenvalue weighted by molar-refractivity contribution is 0.137. The minimum absolute atomic E-state index is 0.0420. The molecule has 0 aromatic rings. The zero-order chi connectivity index (χ0) is 11.6. The monoisotopic (exact) mass is 206 g/mol. The van der Waals surface area contributed by atoms with Gasteiger partial charge in [-0.3, -0.25) is 0 Å². The highest BCUT2D eigenvalue weighted by molar-refractivity contribution is 5.53. The van der Waals surface area contributed by atoms with Gasteiger partial charge >= 0.3 is 6.16 Å². The summed E-state index contributed by atoms with van der Waals surface area (Å²) in [6.45, 7) is 6.55. The summed E-state index contributed by atoms with van der Waals surface area (Å²) in [6, 6.07) is 0. The van der Waals surface area contributed by atoms with Crippen molar-refractivity contribution in [1.29, 1.82) is 0 Å². The fraction of sp³-hybridized carbons (Fsp3) is 0.222. The van der Waals surface area contributed by atoms with Gasteiger partial charge in [-0.25, -0.2) is 13.6 Å². The summed E-state index contributed by atoms with van der Waals surface area (Å²) in [5, 5.41) is 13.9. The number of carboxylic acid groups (broad SMARTS) is 2. The summed E-state index contributed by atoms with van der Waals surface area (Å²) >= 11 is 0. The van der Waals surface area contributed by atoms with Crippen molar-refractivity contribution in [2.24, 2.45) is 0 Å². The van der Waals surface area contributed by atoms with E-state index in [0.29, 0.717) is 0 Å². The molecule has 0 heterocycles. The lowest BCUT2D eigenvalue weighted by Crippen LogP contribution is -1.81. The first-order valence-corrected chi connectivity index (χ1v) is 3.62. The van der Waals surface area contributed by atoms with Gasteiger partial charge in [0.25, 0.3) is 0 Å². The second kappa shape index (κ2) is 9.44. The van der Waals surface area contributed by atoms with Crippen LogP contribution in [-0.2, 0) is 0 Å². The molecule has 0 aromatic heterocycles. The van der Waals surface area contributed by atoms with Gasteiger partial charge in [-0.15, -0.1) is 13.2 Å². The van der Waals surface area contributed by atoms with E-state index in [4.69, 9.17) is 15.0 Å². The van der Waals surface area contributed by atoms with E-state index in [1.54, 1.807) is 0 Å². The number of rotatable bonds is 4. The van der Waals surface area contributed by atoms with Crippen molar-refractivity contribution in [3.8, 4) is 0 Å². The Morgan fingerprint density at radius 1 is 1.07 bits per heavy atom. The highest BCUT2D eigenvalue weighted by Crippen LogP contribution is 2.15. The Balaban J connectivity index is 0. The Morgan fingerprint density at radius 3 is 1.43 bits per heavy atom. The van der Waals surface area contributed by atoms with Crippen molar-refractivity contribution in [1.82, 2.24) is 0 Å². The van der Waals surface area contributed by atoms with Gasteiger partial charge in [-0.05, 0) is 0 Å². The molecule has 0 radical (unpaired) electrons. The first-order chi connectivity index (χ1) is 6.45. The molecule has 0 saturated heterocycles. The number of allylic oxidation sites excluding steroid dienone is 4. The lowest BCUT2D eigenvalue weighted by atomic mass is 10.3. The average molecular weight is 206 g/mol. The van der Waals surface area contributed by atoms with Gasteiger partial charge in [0.2, 0.25) is 0 Å². The van der Waals surface area contributed by atoms with Crippen LogP contribution in [0.2, 0.25) is 0 Å². The predicted molar refractivity (Wildman–Crippen MR) is 49.5 cm³/mol. The molecule has 0 spiro atoms. The van der Waals surface area contributed by atoms with Gasteiger partial charge in [-0.1, -0.05) is 12.2 Å². The van der Waals surface area contributed by atoms with Crippen LogP contribution in [0.5, 0.6) is 0 Å². The van der Waals surface area contributed by atoms with Crippen molar-refractivity contribution in [2.75, 3.05) is 0 Å². The Morgan fingerprint density at radius 2 is 1.29 bits per heavy atom. The Hall–Kier alpha value is -1.65. The number of hydrogen-bond acceptors (Lipinski definition) is 1. The molecule has 0 aliphatic carbocycles. The van der Waals surface area contributed by atoms with Gasteiger partial charge < -0.3 is 10.2 Å². The van der Waals surface area contributed by atoms with Gasteiger partial charge in [0.15, 0.2) is 0 Å². The molecule has 0 fully saturated rings. The van der Waals surface area contributed by atoms with Crippen LogP contribution in [0.25, 0.3) is 0 Å². The van der Waals surface area contributed by atoms with Crippen molar-refractivity contribution in [2.45, 2.75) is 12.8 Å². The van der Waals surface area contributed by atoms with Crippen LogP contribution in [0.3, 0.4) is 0 Å². The summed E-state index contributed by atoms with van der Waals surface area (Å²) in [7, 11) is 0. The molecule has 0 amide bonds. The molecule has 0 aliphatic rings. The van der Waals surface area contributed by atoms with Gasteiger partial charge in [-0.2, -0.15) is 0 Å². The Labute approximate surface area is 80.7 Å². The second-order valence-electron chi connectivity index (χ2n) is 2.08. The van der Waals surface area contributed by atoms with Crippen molar-refractivity contribution in [3.05, 3.63) is 37.0 Å². The molecule has 0 aromatic carbocycles. The molecule has 0 unspecified atom stereocenters. The van der Waals surface area contributed by atoms with Crippen LogP contribution >= 0.6 is 0 Å². The minimum Gasteiger partial charge on any atom is -0.450 e. The second-order valence-corrected chi connectivity index (χ2v) is 2.08. The van der Waals surface area contributed by atoms with Crippen molar-refractivity contribution < 1.29 is 23.8 Å². The van der Waals surface area contributed by atoms with E-state index in [-0.39, 0.29) is 12.8 Å². The molecule has 0 aliphatic heterocycles. The van der Waals surface area contributed by atoms with Crippen molar-refractivity contribution >= 4 is 6.16 Å². The number of hydrogen-bond donors (Lipinski definition) is 2. The first kappa shape index (κ1) is 14.9. The van der Waals surface area contributed by atoms with E-state index in [0.717, 1.165) is 0 Å². The molecule has 0 bridgehead atoms. The van der Waals surface area contributed by atoms with Crippen LogP contribution in [0, 0.1) is 0 Å². The van der Waals surface area contributed by atoms with E-state index < -0.39 is 17.8 Å². The van der Waals surface area contributed by atoms with E-state index in [1.807, 2.05) is 0 Å². The zero-order valence-corrected chi connectivity index (χ0v) is 7.54. The molecular formula is C9H12F2O3. The maximum Gasteiger partial charge on any atom is 0.503 e. The predicted octanol–water partition coefficient (Wildman–Crippen LogP) is 3.51. The summed E-state index contributed by atoms with van der Waals surface area (Å²) in [6.07, 6.45) is 0.718. The maximum absolute atomic E-state index is 12.4. The molecule has 2 N–H and O–H groups in total. The topological polar surface area (TPSA) is 57.5 Å². The molecule has 5 heteroatoms. The quantitative estimate of drug-likeness (QED) is 0.692. The fourth-order valence-corrected chi connectivity index (χ4v) is 0.475. The normalized spacial score (nSPS) is 10.4. The summed E-state index contributed by atoms with van der Waals surface area (Å²) < 4.78 is 24.7. The zero-order valence-electron chi connectivity index (χ0n) is 7.54. The standard InChI is InChI=1S/C8H10F2.CH2O3/c1-3-5-7(9)8(10)6-4-2;2-1(3)4/h3-4H,1-2,5-6H2;(H2,2,3,4). The molecule has 0 saturated carbocycles. The van der Waals surface area contributed by atoms with Crippen LogP contribution in [0.4, 0.5) is 13.6 Å². The lowest BCUT2D eigenvalue weighted by Gasteiger charge is -1.92. The minimum atomic E-state index is -1.83. The van der Waals surface area contributed by atoms with Crippen LogP contribution < -0.4 is 0 Å². The fourth-order valence-electron chi connectivity index (χ4n) is 0.475. The van der Waals surface area contributed by atoms with E-state index >= 15 is 0 Å². The van der Waals surface area contributed by atoms with Gasteiger partial charge in [0.05, 0.1) is 0 Å². The first-order valence-electron chi connectivity index (χ1n) is 3.62. The van der Waals surface area contributed by atoms with E-state index in [1.165, 1.54) is 12.2 Å². The van der Waals surface area contributed by atoms with Crippen LogP contribution in [0.15, 0.2) is 37.0 Å². The van der Waals surface area contributed by atoms with Gasteiger partial charge in [0.1, 0.15) is 11.7 Å². The van der Waals surface area contributed by atoms with Crippen LogP contribution in [0.1, 0.15) is 12.8 Å². The van der Waals surface area contributed by atoms with Crippen LogP contribution in [-0.4, -0.2) is 16.4 Å². The molecule has 80 valence electrons. The highest BCUT2D eigenvalue weighted by Gasteiger charge is 2.00. The SMILES string of the molecule is C=CCC(F)=C(F)CC=C.O=C(O)O. The molecular weight excluding hydrogens is 194 g/mol. The largest absolute Gasteiger partial charge is 0.503 e. The summed E-state index contributed by atoms with van der Waals surface area (Å²) in [5.41, 5.74) is 0. The summed E-state index contributed by atoms with van der Waals surface area (Å²) in [4.78, 5) is 8.56. The van der Waals surface area contributed by atoms with Crippen molar-refractivity contribution in [3.63, 3.8) is 0 Å². The third-order valence-electron chi connectivity index (χ3n) is 0.941. The number of halogens is 2. The maximum atomic E-state index is 12.4. The molecule has 3 nitrogen and oxygen atoms in total.